The molecule has 2 aliphatic heterocycles. The maximum absolute atomic E-state index is 13.6. The molecule has 4 aromatic carbocycles. The smallest absolute Gasteiger partial charge is 0.229 e. The molecule has 4 aromatic rings. The van der Waals surface area contributed by atoms with Gasteiger partial charge in [0.05, 0.1) is 22.9 Å². The molecule has 10 heteroatoms. The monoisotopic (exact) mass is 780 g/mol. The topological polar surface area (TPSA) is 168 Å². The fourth-order valence-electron chi connectivity index (χ4n) is 9.24. The number of ether oxygens (including phenoxy) is 1. The summed E-state index contributed by atoms with van der Waals surface area (Å²) in [5, 5.41) is 22.3. The lowest BCUT2D eigenvalue weighted by atomic mass is 9.66. The number of hydrogen-bond acceptors (Lipinski definition) is 10. The normalized spacial score (nSPS) is 21.4. The standard InChI is InChI=1S/C26H20N2O4.C23H16O4/c1-26(2)10-18-21(19(30)11-26)20(14-5-3-13(12-27)4-6-14)22-23(28-18)25(32)16-8-7-15(29)9-17(16)24(22)31;24-16-11-6-12-17-19(16)18(13-7-2-1-3-8-13)20-21(25)14-9-4-5-10-15(14)22(26)23(20)27-17/h3-9,20,28-29H,10-11H2,1-2H3;1-5,7-10,18H,6,11-12H2. The number of phenols is 1. The van der Waals surface area contributed by atoms with Crippen molar-refractivity contribution in [3.8, 4) is 11.8 Å². The lowest BCUT2D eigenvalue weighted by molar-refractivity contribution is -0.118. The lowest BCUT2D eigenvalue weighted by Crippen LogP contribution is -2.42. The summed E-state index contributed by atoms with van der Waals surface area (Å²) in [6, 6.07) is 29.2. The Hall–Kier alpha value is -7.25. The van der Waals surface area contributed by atoms with Crippen molar-refractivity contribution in [2.24, 2.45) is 5.41 Å². The van der Waals surface area contributed by atoms with E-state index in [9.17, 15) is 39.1 Å². The molecule has 2 atom stereocenters. The number of rotatable bonds is 2. The minimum Gasteiger partial charge on any atom is -0.508 e. The van der Waals surface area contributed by atoms with Gasteiger partial charge in [0.25, 0.3) is 0 Å². The first-order valence-corrected chi connectivity index (χ1v) is 19.5. The highest BCUT2D eigenvalue weighted by Gasteiger charge is 2.48. The van der Waals surface area contributed by atoms with Crippen LogP contribution in [0.3, 0.4) is 0 Å². The molecule has 0 saturated carbocycles. The average molecular weight is 781 g/mol. The van der Waals surface area contributed by atoms with E-state index in [-0.39, 0.29) is 68.2 Å². The summed E-state index contributed by atoms with van der Waals surface area (Å²) in [5.41, 5.74) is 5.16. The van der Waals surface area contributed by atoms with Crippen molar-refractivity contribution in [2.45, 2.75) is 57.8 Å². The van der Waals surface area contributed by atoms with Crippen LogP contribution in [0.4, 0.5) is 0 Å². The van der Waals surface area contributed by atoms with Gasteiger partial charge in [-0.25, -0.2) is 0 Å². The number of nitriles is 1. The third-order valence-corrected chi connectivity index (χ3v) is 11.8. The van der Waals surface area contributed by atoms with Crippen LogP contribution in [-0.2, 0) is 14.3 Å². The Labute approximate surface area is 339 Å². The van der Waals surface area contributed by atoms with Gasteiger partial charge in [-0.05, 0) is 59.7 Å². The first-order chi connectivity index (χ1) is 28.4. The van der Waals surface area contributed by atoms with E-state index in [1.807, 2.05) is 44.2 Å². The second-order valence-corrected chi connectivity index (χ2v) is 16.3. The zero-order chi connectivity index (χ0) is 41.3. The molecule has 0 aromatic heterocycles. The molecule has 0 amide bonds. The molecule has 290 valence electrons. The average Bonchev–Trinajstić information content (AvgIpc) is 3.23. The summed E-state index contributed by atoms with van der Waals surface area (Å²) in [7, 11) is 0. The van der Waals surface area contributed by atoms with Gasteiger partial charge in [0, 0.05) is 75.8 Å². The largest absolute Gasteiger partial charge is 0.508 e. The van der Waals surface area contributed by atoms with Crippen LogP contribution in [0.2, 0.25) is 0 Å². The minimum atomic E-state index is -0.718. The van der Waals surface area contributed by atoms with Crippen molar-refractivity contribution >= 4 is 34.7 Å². The molecule has 0 spiro atoms. The minimum absolute atomic E-state index is 0.00393. The SMILES string of the molecule is CC1(C)CC(=O)C2=C(C1)NC1=C(C(=O)c3cc(O)ccc3C1=O)C2c1ccc(C#N)cc1.O=C1CCCC2=C1C(c1ccccc1)C1=C(O2)C(=O)c2ccccc2C1=O. The van der Waals surface area contributed by atoms with Crippen LogP contribution in [0, 0.1) is 16.7 Å². The third kappa shape index (κ3) is 6.09. The molecule has 2 N–H and O–H groups in total. The van der Waals surface area contributed by atoms with Gasteiger partial charge in [0.15, 0.2) is 28.9 Å². The van der Waals surface area contributed by atoms with E-state index < -0.39 is 17.6 Å². The second-order valence-electron chi connectivity index (χ2n) is 16.3. The van der Waals surface area contributed by atoms with Crippen molar-refractivity contribution in [3.63, 3.8) is 0 Å². The van der Waals surface area contributed by atoms with E-state index in [2.05, 4.69) is 11.4 Å². The number of dihydropyridines is 1. The number of nitrogens with zero attached hydrogens (tertiary/aromatic N) is 1. The third-order valence-electron chi connectivity index (χ3n) is 11.8. The zero-order valence-corrected chi connectivity index (χ0v) is 32.2. The quantitative estimate of drug-likeness (QED) is 0.203. The van der Waals surface area contributed by atoms with E-state index in [1.54, 1.807) is 48.5 Å². The molecule has 10 nitrogen and oxygen atoms in total. The van der Waals surface area contributed by atoms with E-state index in [0.717, 1.165) is 5.56 Å². The number of carbonyl (C=O) groups is 6. The van der Waals surface area contributed by atoms with Gasteiger partial charge in [-0.1, -0.05) is 80.6 Å². The predicted molar refractivity (Wildman–Crippen MR) is 214 cm³/mol. The van der Waals surface area contributed by atoms with E-state index in [0.29, 0.717) is 82.5 Å². The Morgan fingerprint density at radius 1 is 0.644 bits per heavy atom. The Morgan fingerprint density at radius 2 is 1.27 bits per heavy atom. The number of benzene rings is 4. The number of carbonyl (C=O) groups excluding carboxylic acids is 6. The molecule has 2 unspecified atom stereocenters. The van der Waals surface area contributed by atoms with Gasteiger partial charge in [0.1, 0.15) is 11.5 Å². The lowest BCUT2D eigenvalue weighted by Gasteiger charge is -2.41. The summed E-state index contributed by atoms with van der Waals surface area (Å²) in [6.07, 6.45) is 2.64. The van der Waals surface area contributed by atoms with E-state index in [1.165, 1.54) is 18.2 Å². The summed E-state index contributed by atoms with van der Waals surface area (Å²) in [6.45, 7) is 4.01. The van der Waals surface area contributed by atoms with Crippen LogP contribution in [0.1, 0.15) is 116 Å². The van der Waals surface area contributed by atoms with Crippen LogP contribution in [-0.4, -0.2) is 39.8 Å². The number of fused-ring (bicyclic) bond motifs is 2. The van der Waals surface area contributed by atoms with Gasteiger partial charge in [0.2, 0.25) is 11.6 Å². The van der Waals surface area contributed by atoms with Gasteiger partial charge in [-0.15, -0.1) is 0 Å². The van der Waals surface area contributed by atoms with Gasteiger partial charge >= 0.3 is 0 Å². The molecule has 0 bridgehead atoms. The van der Waals surface area contributed by atoms with Gasteiger partial charge in [-0.2, -0.15) is 5.26 Å². The van der Waals surface area contributed by atoms with Crippen LogP contribution in [0.15, 0.2) is 142 Å². The number of ketones is 6. The van der Waals surface area contributed by atoms with Crippen molar-refractivity contribution in [3.05, 3.63) is 181 Å². The maximum Gasteiger partial charge on any atom is 0.229 e. The summed E-state index contributed by atoms with van der Waals surface area (Å²) in [4.78, 5) is 79.5. The number of aromatic hydroxyl groups is 1. The summed E-state index contributed by atoms with van der Waals surface area (Å²) in [5.74, 6) is -2.07. The summed E-state index contributed by atoms with van der Waals surface area (Å²) >= 11 is 0. The van der Waals surface area contributed by atoms with Crippen molar-refractivity contribution < 1.29 is 38.6 Å². The number of Topliss-reactive ketones (excluding diaryl/α,β-unsaturated/α-hetero) is 6. The van der Waals surface area contributed by atoms with E-state index in [4.69, 9.17) is 4.74 Å². The Balaban J connectivity index is 0.000000154. The number of hydrogen-bond donors (Lipinski definition) is 2. The second kappa shape index (κ2) is 14.0. The molecule has 59 heavy (non-hydrogen) atoms. The molecule has 0 fully saturated rings. The molecule has 0 saturated heterocycles. The number of nitrogens with one attached hydrogen (secondary N) is 1. The van der Waals surface area contributed by atoms with Crippen LogP contribution >= 0.6 is 0 Å². The molecule has 0 radical (unpaired) electrons. The van der Waals surface area contributed by atoms with Crippen molar-refractivity contribution in [1.29, 1.82) is 5.26 Å². The Kier molecular flexibility index (Phi) is 8.85. The van der Waals surface area contributed by atoms with Gasteiger partial charge in [-0.3, -0.25) is 28.8 Å². The Bertz CT molecular complexity index is 2790. The number of allylic oxidation sites excluding steroid dienone is 8. The fraction of sp³-hybridized carbons (Fsp3) is 0.204. The molecule has 6 aliphatic rings. The van der Waals surface area contributed by atoms with Crippen LogP contribution in [0.25, 0.3) is 0 Å². The molecular weight excluding hydrogens is 745 g/mol. The maximum atomic E-state index is 13.6. The van der Waals surface area contributed by atoms with Crippen molar-refractivity contribution in [2.75, 3.05) is 0 Å². The first kappa shape index (κ1) is 37.3. The van der Waals surface area contributed by atoms with Crippen LogP contribution < -0.4 is 5.32 Å². The highest BCUT2D eigenvalue weighted by atomic mass is 16.5. The first-order valence-electron chi connectivity index (χ1n) is 19.5. The predicted octanol–water partition coefficient (Wildman–Crippen LogP) is 8.07. The van der Waals surface area contributed by atoms with Gasteiger partial charge < -0.3 is 15.2 Å². The Morgan fingerprint density at radius 3 is 1.98 bits per heavy atom. The molecule has 2 heterocycles. The summed E-state index contributed by atoms with van der Waals surface area (Å²) < 4.78 is 5.92. The van der Waals surface area contributed by atoms with Crippen LogP contribution in [0.5, 0.6) is 5.75 Å². The van der Waals surface area contributed by atoms with Crippen molar-refractivity contribution in [1.82, 2.24) is 5.32 Å². The molecule has 10 rings (SSSR count). The zero-order valence-electron chi connectivity index (χ0n) is 32.2. The fourth-order valence-corrected chi connectivity index (χ4v) is 9.24. The molecule has 4 aliphatic carbocycles. The molecular formula is C49H36N2O8. The highest BCUT2D eigenvalue weighted by Crippen LogP contribution is 2.50. The van der Waals surface area contributed by atoms with E-state index >= 15 is 0 Å². The number of phenolic OH excluding ortho intramolecular Hbond substituents is 1. The highest BCUT2D eigenvalue weighted by molar-refractivity contribution is 6.29.